The Morgan fingerprint density at radius 3 is 1.45 bits per heavy atom. The second-order valence-electron chi connectivity index (χ2n) is 1.89. The van der Waals surface area contributed by atoms with E-state index in [9.17, 15) is 0 Å². The topological polar surface area (TPSA) is 0 Å². The van der Waals surface area contributed by atoms with E-state index in [-0.39, 0.29) is 0 Å². The molecule has 0 unspecified atom stereocenters. The van der Waals surface area contributed by atoms with Crippen LogP contribution in [0.25, 0.3) is 0 Å². The molecule has 0 radical (unpaired) electrons. The van der Waals surface area contributed by atoms with Gasteiger partial charge in [-0.05, 0) is 23.3 Å². The minimum Gasteiger partial charge on any atom is -0.180 e. The summed E-state index contributed by atoms with van der Waals surface area (Å²) in [5.74, 6) is 0.944. The third-order valence-corrected chi connectivity index (χ3v) is 0.447. The summed E-state index contributed by atoms with van der Waals surface area (Å²) in [6, 6.07) is 0. The fourth-order valence-electron chi connectivity index (χ4n) is 0. The molecule has 0 amide bonds. The molecular formula is C8H20S3. The largest absolute Gasteiger partial charge is 0.180 e. The fraction of sp³-hybridized carbons (Fsp3) is 0.750. The molecule has 0 rings (SSSR count). The van der Waals surface area contributed by atoms with E-state index in [4.69, 9.17) is 0 Å². The second kappa shape index (κ2) is 22.4. The first-order chi connectivity index (χ1) is 5.06. The Labute approximate surface area is 88.1 Å². The third kappa shape index (κ3) is 260. The Morgan fingerprint density at radius 2 is 1.45 bits per heavy atom. The van der Waals surface area contributed by atoms with Crippen molar-refractivity contribution in [3.8, 4) is 0 Å². The lowest BCUT2D eigenvalue weighted by Gasteiger charge is -1.78. The van der Waals surface area contributed by atoms with Crippen molar-refractivity contribution >= 4 is 37.9 Å². The molecule has 0 nitrogen and oxygen atoms in total. The number of rotatable bonds is 0. The van der Waals surface area contributed by atoms with E-state index in [0.717, 1.165) is 5.75 Å². The molecule has 0 atom stereocenters. The van der Waals surface area contributed by atoms with Gasteiger partial charge in [0, 0.05) is 0 Å². The van der Waals surface area contributed by atoms with Crippen molar-refractivity contribution in [3.05, 3.63) is 11.5 Å². The normalized spacial score (nSPS) is 8.36. The van der Waals surface area contributed by atoms with E-state index in [1.54, 1.807) is 5.41 Å². The van der Waals surface area contributed by atoms with Crippen LogP contribution in [0.2, 0.25) is 0 Å². The van der Waals surface area contributed by atoms with Gasteiger partial charge in [-0.1, -0.05) is 26.8 Å². The number of allylic oxidation sites excluding steroid dienone is 1. The summed E-state index contributed by atoms with van der Waals surface area (Å²) in [6.45, 7) is 7.97. The monoisotopic (exact) mass is 212 g/mol. The quantitative estimate of drug-likeness (QED) is 0.501. The van der Waals surface area contributed by atoms with Crippen molar-refractivity contribution in [3.63, 3.8) is 0 Å². The lowest BCUT2D eigenvalue weighted by molar-refractivity contribution is 1.13. The van der Waals surface area contributed by atoms with Crippen molar-refractivity contribution in [1.82, 2.24) is 0 Å². The van der Waals surface area contributed by atoms with Crippen LogP contribution in [-0.2, 0) is 0 Å². The minimum absolute atomic E-state index is 0.528. The van der Waals surface area contributed by atoms with E-state index in [1.807, 2.05) is 33.8 Å². The molecule has 0 aliphatic rings. The molecule has 70 valence electrons. The first kappa shape index (κ1) is 17.8. The standard InChI is InChI=1S/C3H8S.C3H6S.C2H6S/c1-3(2)4;1-2-3-4;1-2-3/h3-4H,1-2H3;2-4H,1H3;3H,2H2,1H3. The smallest absolute Gasteiger partial charge is 0.00399 e. The van der Waals surface area contributed by atoms with Gasteiger partial charge in [-0.15, -0.1) is 0 Å². The molecule has 0 spiro atoms. The van der Waals surface area contributed by atoms with Gasteiger partial charge in [0.2, 0.25) is 0 Å². The van der Waals surface area contributed by atoms with Crippen LogP contribution in [0.5, 0.6) is 0 Å². The minimum atomic E-state index is 0.528. The van der Waals surface area contributed by atoms with Crippen LogP contribution < -0.4 is 0 Å². The summed E-state index contributed by atoms with van der Waals surface area (Å²) in [5.41, 5.74) is 0. The zero-order valence-corrected chi connectivity index (χ0v) is 10.5. The van der Waals surface area contributed by atoms with E-state index in [1.165, 1.54) is 0 Å². The van der Waals surface area contributed by atoms with E-state index in [2.05, 4.69) is 37.9 Å². The Hall–Kier alpha value is 0.790. The van der Waals surface area contributed by atoms with Crippen LogP contribution in [0.1, 0.15) is 27.7 Å². The molecule has 0 aliphatic carbocycles. The molecular weight excluding hydrogens is 192 g/mol. The van der Waals surface area contributed by atoms with Gasteiger partial charge in [-0.2, -0.15) is 37.9 Å². The maximum Gasteiger partial charge on any atom is -0.00399 e. The SMILES string of the molecule is CC(C)S.CC=CS.CCS. The maximum absolute atomic E-state index is 3.97. The zero-order chi connectivity index (χ0) is 9.70. The first-order valence-electron chi connectivity index (χ1n) is 3.61. The lowest BCUT2D eigenvalue weighted by atomic mass is 10.6. The summed E-state index contributed by atoms with van der Waals surface area (Å²) in [4.78, 5) is 0. The molecule has 0 fully saturated rings. The predicted molar refractivity (Wildman–Crippen MR) is 67.4 cm³/mol. The third-order valence-electron chi connectivity index (χ3n) is 0.149. The van der Waals surface area contributed by atoms with Crippen LogP contribution in [-0.4, -0.2) is 11.0 Å². The highest BCUT2D eigenvalue weighted by atomic mass is 32.1. The summed E-state index contributed by atoms with van der Waals surface area (Å²) in [6.07, 6.45) is 1.86. The maximum atomic E-state index is 3.97. The van der Waals surface area contributed by atoms with E-state index >= 15 is 0 Å². The number of thiol groups is 3. The van der Waals surface area contributed by atoms with Crippen molar-refractivity contribution in [2.45, 2.75) is 32.9 Å². The Balaban J connectivity index is -0.0000000886. The van der Waals surface area contributed by atoms with Crippen LogP contribution in [0.4, 0.5) is 0 Å². The summed E-state index contributed by atoms with van der Waals surface area (Å²) < 4.78 is 0. The summed E-state index contributed by atoms with van der Waals surface area (Å²) >= 11 is 11.5. The molecule has 0 aromatic heterocycles. The Bertz CT molecular complexity index is 53.6. The van der Waals surface area contributed by atoms with Crippen LogP contribution in [0.3, 0.4) is 0 Å². The molecule has 3 heteroatoms. The fourth-order valence-corrected chi connectivity index (χ4v) is 0. The molecule has 0 N–H and O–H groups in total. The average molecular weight is 212 g/mol. The molecule has 0 aromatic rings. The van der Waals surface area contributed by atoms with Crippen molar-refractivity contribution in [2.75, 3.05) is 5.75 Å². The first-order valence-corrected chi connectivity index (χ1v) is 5.27. The molecule has 0 aliphatic heterocycles. The Kier molecular flexibility index (Phi) is 36.2. The molecule has 0 saturated heterocycles. The molecule has 0 bridgehead atoms. The Morgan fingerprint density at radius 1 is 1.36 bits per heavy atom. The van der Waals surface area contributed by atoms with Crippen molar-refractivity contribution in [2.24, 2.45) is 0 Å². The molecule has 0 aromatic carbocycles. The van der Waals surface area contributed by atoms with Gasteiger partial charge in [-0.25, -0.2) is 0 Å². The highest BCUT2D eigenvalue weighted by Crippen LogP contribution is 1.83. The van der Waals surface area contributed by atoms with Gasteiger partial charge < -0.3 is 0 Å². The van der Waals surface area contributed by atoms with Crippen LogP contribution >= 0.6 is 37.9 Å². The van der Waals surface area contributed by atoms with Gasteiger partial charge in [0.15, 0.2) is 0 Å². The van der Waals surface area contributed by atoms with Gasteiger partial charge in [-0.3, -0.25) is 0 Å². The lowest BCUT2D eigenvalue weighted by Crippen LogP contribution is -1.71. The van der Waals surface area contributed by atoms with Crippen LogP contribution in [0.15, 0.2) is 11.5 Å². The second-order valence-corrected chi connectivity index (χ2v) is 3.86. The van der Waals surface area contributed by atoms with E-state index < -0.39 is 0 Å². The highest BCUT2D eigenvalue weighted by molar-refractivity contribution is 7.83. The van der Waals surface area contributed by atoms with Crippen LogP contribution in [0, 0.1) is 0 Å². The molecule has 0 saturated carbocycles. The van der Waals surface area contributed by atoms with Crippen molar-refractivity contribution in [1.29, 1.82) is 0 Å². The molecule has 11 heavy (non-hydrogen) atoms. The summed E-state index contributed by atoms with van der Waals surface area (Å²) in [5, 5.41) is 2.22. The summed E-state index contributed by atoms with van der Waals surface area (Å²) in [7, 11) is 0. The van der Waals surface area contributed by atoms with Gasteiger partial charge in [0.1, 0.15) is 0 Å². The highest BCUT2D eigenvalue weighted by Gasteiger charge is 1.69. The number of hydrogen-bond donors (Lipinski definition) is 3. The molecule has 0 heterocycles. The average Bonchev–Trinajstić information content (AvgIpc) is 1.88. The number of hydrogen-bond acceptors (Lipinski definition) is 3. The van der Waals surface area contributed by atoms with E-state index in [0.29, 0.717) is 5.25 Å². The zero-order valence-electron chi connectivity index (χ0n) is 7.78. The van der Waals surface area contributed by atoms with Crippen molar-refractivity contribution < 1.29 is 0 Å². The van der Waals surface area contributed by atoms with Gasteiger partial charge in [0.25, 0.3) is 0 Å². The van der Waals surface area contributed by atoms with Gasteiger partial charge >= 0.3 is 0 Å². The van der Waals surface area contributed by atoms with Gasteiger partial charge in [0.05, 0.1) is 0 Å². The predicted octanol–water partition coefficient (Wildman–Crippen LogP) is 3.71.